The molecule has 0 N–H and O–H groups in total. The van der Waals surface area contributed by atoms with Crippen LogP contribution < -0.4 is 5.46 Å². The summed E-state index contributed by atoms with van der Waals surface area (Å²) in [6.07, 6.45) is 4.07. The van der Waals surface area contributed by atoms with Gasteiger partial charge in [0.25, 0.3) is 0 Å². The third-order valence-corrected chi connectivity index (χ3v) is 2.00. The summed E-state index contributed by atoms with van der Waals surface area (Å²) < 4.78 is 10.3. The van der Waals surface area contributed by atoms with E-state index in [0.29, 0.717) is 0 Å². The molecule has 3 heteroatoms. The summed E-state index contributed by atoms with van der Waals surface area (Å²) in [5, 5.41) is 0. The Morgan fingerprint density at radius 2 is 1.64 bits per heavy atom. The number of hydrogen-bond acceptors (Lipinski definition) is 2. The van der Waals surface area contributed by atoms with Gasteiger partial charge < -0.3 is 9.31 Å². The van der Waals surface area contributed by atoms with Gasteiger partial charge in [0.15, 0.2) is 0 Å². The van der Waals surface area contributed by atoms with Crippen LogP contribution in [0.1, 0.15) is 12.5 Å². The zero-order valence-corrected chi connectivity index (χ0v) is 8.86. The van der Waals surface area contributed by atoms with E-state index in [-0.39, 0.29) is 7.12 Å². The van der Waals surface area contributed by atoms with Gasteiger partial charge in [-0.2, -0.15) is 0 Å². The molecule has 14 heavy (non-hydrogen) atoms. The maximum atomic E-state index is 5.15. The lowest BCUT2D eigenvalue weighted by molar-refractivity contribution is 0.292. The van der Waals surface area contributed by atoms with Crippen LogP contribution in [0.15, 0.2) is 30.3 Å². The minimum atomic E-state index is -0.269. The van der Waals surface area contributed by atoms with E-state index in [4.69, 9.17) is 9.31 Å². The number of benzene rings is 1. The third-order valence-electron chi connectivity index (χ3n) is 2.00. The van der Waals surface area contributed by atoms with Crippen molar-refractivity contribution in [1.29, 1.82) is 0 Å². The molecule has 74 valence electrons. The standard InChI is InChI=1S/C11H15BO2/c1-4-5-10-6-8-11(9-7-10)12(13-2)14-3/h4-9H,1-3H3/b5-4+. The Hall–Kier alpha value is -1.06. The fraction of sp³-hybridized carbons (Fsp3) is 0.273. The summed E-state index contributed by atoms with van der Waals surface area (Å²) >= 11 is 0. The van der Waals surface area contributed by atoms with Crippen LogP contribution in [-0.2, 0) is 9.31 Å². The maximum absolute atomic E-state index is 5.15. The Labute approximate surface area is 85.7 Å². The molecule has 0 aromatic heterocycles. The monoisotopic (exact) mass is 190 g/mol. The summed E-state index contributed by atoms with van der Waals surface area (Å²) in [5.41, 5.74) is 2.21. The molecular weight excluding hydrogens is 175 g/mol. The molecule has 2 nitrogen and oxygen atoms in total. The average Bonchev–Trinajstić information content (AvgIpc) is 2.23. The van der Waals surface area contributed by atoms with Crippen molar-refractivity contribution >= 4 is 18.7 Å². The van der Waals surface area contributed by atoms with Gasteiger partial charge in [-0.05, 0) is 17.9 Å². The molecule has 0 aliphatic carbocycles. The van der Waals surface area contributed by atoms with Crippen molar-refractivity contribution in [3.63, 3.8) is 0 Å². The predicted molar refractivity (Wildman–Crippen MR) is 60.6 cm³/mol. The van der Waals surface area contributed by atoms with Gasteiger partial charge in [-0.1, -0.05) is 36.4 Å². The average molecular weight is 190 g/mol. The van der Waals surface area contributed by atoms with Gasteiger partial charge in [0.2, 0.25) is 0 Å². The molecular formula is C11H15BO2. The largest absolute Gasteiger partial charge is 0.493 e. The second-order valence-corrected chi connectivity index (χ2v) is 2.97. The van der Waals surface area contributed by atoms with E-state index >= 15 is 0 Å². The Morgan fingerprint density at radius 3 is 2.07 bits per heavy atom. The minimum absolute atomic E-state index is 0.269. The molecule has 0 saturated carbocycles. The van der Waals surface area contributed by atoms with Gasteiger partial charge in [-0.25, -0.2) is 0 Å². The van der Waals surface area contributed by atoms with Crippen LogP contribution in [0.25, 0.3) is 6.08 Å². The summed E-state index contributed by atoms with van der Waals surface area (Å²) in [5.74, 6) is 0. The van der Waals surface area contributed by atoms with Crippen molar-refractivity contribution < 1.29 is 9.31 Å². The molecule has 0 radical (unpaired) electrons. The summed E-state index contributed by atoms with van der Waals surface area (Å²) in [7, 11) is 3.00. The van der Waals surface area contributed by atoms with Crippen LogP contribution in [0.5, 0.6) is 0 Å². The summed E-state index contributed by atoms with van der Waals surface area (Å²) in [6.45, 7) is 2.00. The third kappa shape index (κ3) is 2.72. The zero-order valence-electron chi connectivity index (χ0n) is 8.86. The quantitative estimate of drug-likeness (QED) is 0.672. The van der Waals surface area contributed by atoms with Gasteiger partial charge in [0, 0.05) is 14.2 Å². The Morgan fingerprint density at radius 1 is 1.07 bits per heavy atom. The van der Waals surface area contributed by atoms with Crippen molar-refractivity contribution in [3.8, 4) is 0 Å². The van der Waals surface area contributed by atoms with Crippen molar-refractivity contribution in [2.75, 3.05) is 14.2 Å². The topological polar surface area (TPSA) is 18.5 Å². The van der Waals surface area contributed by atoms with E-state index < -0.39 is 0 Å². The minimum Gasteiger partial charge on any atom is -0.410 e. The van der Waals surface area contributed by atoms with E-state index in [1.165, 1.54) is 5.56 Å². The molecule has 0 unspecified atom stereocenters. The molecule has 1 rings (SSSR count). The highest BCUT2D eigenvalue weighted by atomic mass is 16.6. The first kappa shape index (κ1) is 11.0. The molecule has 0 amide bonds. The molecule has 0 aliphatic heterocycles. The van der Waals surface area contributed by atoms with E-state index in [1.807, 2.05) is 37.3 Å². The molecule has 0 atom stereocenters. The molecule has 0 saturated heterocycles. The molecule has 1 aromatic rings. The summed E-state index contributed by atoms with van der Waals surface area (Å²) in [6, 6.07) is 8.10. The summed E-state index contributed by atoms with van der Waals surface area (Å²) in [4.78, 5) is 0. The molecule has 0 fully saturated rings. The molecule has 0 spiro atoms. The lowest BCUT2D eigenvalue weighted by Gasteiger charge is -2.08. The maximum Gasteiger partial charge on any atom is 0.493 e. The van der Waals surface area contributed by atoms with E-state index in [1.54, 1.807) is 14.2 Å². The first-order chi connectivity index (χ1) is 6.81. The van der Waals surface area contributed by atoms with Crippen LogP contribution in [0.4, 0.5) is 0 Å². The highest BCUT2D eigenvalue weighted by Crippen LogP contribution is 2.00. The van der Waals surface area contributed by atoms with Crippen LogP contribution in [0.3, 0.4) is 0 Å². The first-order valence-electron chi connectivity index (χ1n) is 4.60. The van der Waals surface area contributed by atoms with Crippen LogP contribution in [0, 0.1) is 0 Å². The first-order valence-corrected chi connectivity index (χ1v) is 4.60. The lowest BCUT2D eigenvalue weighted by atomic mass is 9.79. The Balaban J connectivity index is 2.81. The Kier molecular flexibility index (Phi) is 4.43. The van der Waals surface area contributed by atoms with Gasteiger partial charge >= 0.3 is 7.12 Å². The van der Waals surface area contributed by atoms with Crippen LogP contribution in [-0.4, -0.2) is 21.3 Å². The van der Waals surface area contributed by atoms with Gasteiger partial charge in [-0.3, -0.25) is 0 Å². The lowest BCUT2D eigenvalue weighted by Crippen LogP contribution is -2.34. The highest BCUT2D eigenvalue weighted by Gasteiger charge is 2.16. The zero-order chi connectivity index (χ0) is 10.4. The fourth-order valence-corrected chi connectivity index (χ4v) is 1.33. The van der Waals surface area contributed by atoms with Crippen molar-refractivity contribution in [3.05, 3.63) is 35.9 Å². The highest BCUT2D eigenvalue weighted by molar-refractivity contribution is 6.61. The smallest absolute Gasteiger partial charge is 0.410 e. The van der Waals surface area contributed by atoms with E-state index in [0.717, 1.165) is 5.46 Å². The van der Waals surface area contributed by atoms with Crippen molar-refractivity contribution in [1.82, 2.24) is 0 Å². The van der Waals surface area contributed by atoms with E-state index in [9.17, 15) is 0 Å². The molecule has 0 heterocycles. The van der Waals surface area contributed by atoms with Gasteiger partial charge in [-0.15, -0.1) is 0 Å². The molecule has 0 aliphatic rings. The Bertz CT molecular complexity index is 289. The SMILES string of the molecule is C/C=C/c1ccc(B(OC)OC)cc1. The second kappa shape index (κ2) is 5.63. The van der Waals surface area contributed by atoms with Gasteiger partial charge in [0.1, 0.15) is 0 Å². The van der Waals surface area contributed by atoms with Crippen LogP contribution >= 0.6 is 0 Å². The van der Waals surface area contributed by atoms with Crippen molar-refractivity contribution in [2.24, 2.45) is 0 Å². The van der Waals surface area contributed by atoms with E-state index in [2.05, 4.69) is 6.08 Å². The number of allylic oxidation sites excluding steroid dienone is 1. The van der Waals surface area contributed by atoms with Crippen molar-refractivity contribution in [2.45, 2.75) is 6.92 Å². The van der Waals surface area contributed by atoms with Crippen LogP contribution in [0.2, 0.25) is 0 Å². The molecule has 1 aromatic carbocycles. The normalized spacial score (nSPS) is 10.8. The molecule has 0 bridgehead atoms. The second-order valence-electron chi connectivity index (χ2n) is 2.97. The van der Waals surface area contributed by atoms with Gasteiger partial charge in [0.05, 0.1) is 0 Å². The predicted octanol–water partition coefficient (Wildman–Crippen LogP) is 1.71. The fourth-order valence-electron chi connectivity index (χ4n) is 1.33. The number of hydrogen-bond donors (Lipinski definition) is 0. The number of rotatable bonds is 4.